The molecule has 0 fully saturated rings. The lowest BCUT2D eigenvalue weighted by atomic mass is 10.1. The quantitative estimate of drug-likeness (QED) is 0.915. The van der Waals surface area contributed by atoms with Crippen LogP contribution in [0.1, 0.15) is 11.1 Å². The van der Waals surface area contributed by atoms with Crippen LogP contribution < -0.4 is 4.72 Å². The summed E-state index contributed by atoms with van der Waals surface area (Å²) in [6.07, 6.45) is 0.485. The van der Waals surface area contributed by atoms with Crippen molar-refractivity contribution in [2.75, 3.05) is 6.54 Å². The van der Waals surface area contributed by atoms with Gasteiger partial charge in [-0.3, -0.25) is 0 Å². The Balaban J connectivity index is 2.05. The van der Waals surface area contributed by atoms with Gasteiger partial charge in [0.2, 0.25) is 10.0 Å². The Hall–Kier alpha value is -1.43. The van der Waals surface area contributed by atoms with E-state index in [-0.39, 0.29) is 17.3 Å². The smallest absolute Gasteiger partial charge is 0.211 e. The maximum atomic E-state index is 12.8. The summed E-state index contributed by atoms with van der Waals surface area (Å²) in [5.74, 6) is -0.311. The molecule has 21 heavy (non-hydrogen) atoms. The average molecular weight is 328 g/mol. The topological polar surface area (TPSA) is 46.2 Å². The van der Waals surface area contributed by atoms with Crippen molar-refractivity contribution < 1.29 is 12.8 Å². The lowest BCUT2D eigenvalue weighted by molar-refractivity contribution is 0.581. The summed E-state index contributed by atoms with van der Waals surface area (Å²) in [5.41, 5.74) is 1.38. The summed E-state index contributed by atoms with van der Waals surface area (Å²) < 4.78 is 39.7. The summed E-state index contributed by atoms with van der Waals surface area (Å²) in [4.78, 5) is 0.175. The van der Waals surface area contributed by atoms with E-state index in [9.17, 15) is 12.8 Å². The van der Waals surface area contributed by atoms with Gasteiger partial charge in [-0.15, -0.1) is 0 Å². The van der Waals surface area contributed by atoms with Crippen LogP contribution in [0.25, 0.3) is 0 Å². The van der Waals surface area contributed by atoms with Crippen LogP contribution in [-0.4, -0.2) is 15.0 Å². The number of halogens is 2. The third kappa shape index (κ3) is 4.03. The molecule has 0 saturated carbocycles. The Kier molecular flexibility index (Phi) is 4.98. The number of hydrogen-bond donors (Lipinski definition) is 1. The molecule has 0 amide bonds. The minimum atomic E-state index is -3.60. The fraction of sp³-hybridized carbons (Fsp3) is 0.200. The molecule has 0 aliphatic heterocycles. The van der Waals surface area contributed by atoms with Crippen LogP contribution in [0.15, 0.2) is 47.4 Å². The summed E-state index contributed by atoms with van der Waals surface area (Å²) in [6.45, 7) is 1.90. The van der Waals surface area contributed by atoms with Gasteiger partial charge in [-0.05, 0) is 48.7 Å². The summed E-state index contributed by atoms with van der Waals surface area (Å²) >= 11 is 5.94. The van der Waals surface area contributed by atoms with E-state index in [0.717, 1.165) is 5.56 Å². The second-order valence-electron chi connectivity index (χ2n) is 4.64. The predicted octanol–water partition coefficient (Wildman–Crippen LogP) is 3.31. The molecular formula is C15H15ClFNO2S. The molecule has 2 aromatic carbocycles. The molecule has 0 radical (unpaired) electrons. The van der Waals surface area contributed by atoms with Gasteiger partial charge < -0.3 is 0 Å². The summed E-state index contributed by atoms with van der Waals surface area (Å²) in [7, 11) is -3.60. The van der Waals surface area contributed by atoms with Gasteiger partial charge in [0.1, 0.15) is 5.82 Å². The van der Waals surface area contributed by atoms with Crippen LogP contribution >= 0.6 is 11.6 Å². The van der Waals surface area contributed by atoms with Crippen LogP contribution in [0, 0.1) is 12.7 Å². The molecule has 0 spiro atoms. The van der Waals surface area contributed by atoms with Crippen LogP contribution in [-0.2, 0) is 16.4 Å². The molecule has 0 saturated heterocycles. The van der Waals surface area contributed by atoms with E-state index in [1.54, 1.807) is 31.2 Å². The lowest BCUT2D eigenvalue weighted by Crippen LogP contribution is -2.26. The van der Waals surface area contributed by atoms with Gasteiger partial charge in [0.05, 0.1) is 4.90 Å². The number of sulfonamides is 1. The first kappa shape index (κ1) is 15.9. The summed E-state index contributed by atoms with van der Waals surface area (Å²) in [6, 6.07) is 10.7. The lowest BCUT2D eigenvalue weighted by Gasteiger charge is -2.10. The van der Waals surface area contributed by atoms with Gasteiger partial charge in [-0.1, -0.05) is 29.8 Å². The molecule has 2 rings (SSSR count). The summed E-state index contributed by atoms with van der Waals surface area (Å²) in [5, 5.41) is 0.413. The van der Waals surface area contributed by atoms with Crippen LogP contribution in [0.4, 0.5) is 4.39 Å². The molecule has 0 aliphatic carbocycles. The van der Waals surface area contributed by atoms with E-state index in [4.69, 9.17) is 11.6 Å². The van der Waals surface area contributed by atoms with Crippen molar-refractivity contribution in [3.05, 3.63) is 64.4 Å². The highest BCUT2D eigenvalue weighted by molar-refractivity contribution is 7.89. The molecule has 3 nitrogen and oxygen atoms in total. The number of hydrogen-bond acceptors (Lipinski definition) is 2. The van der Waals surface area contributed by atoms with Gasteiger partial charge in [-0.2, -0.15) is 0 Å². The fourth-order valence-corrected chi connectivity index (χ4v) is 3.46. The first-order valence-corrected chi connectivity index (χ1v) is 8.25. The first-order chi connectivity index (χ1) is 9.90. The molecule has 0 unspecified atom stereocenters. The largest absolute Gasteiger partial charge is 0.240 e. The van der Waals surface area contributed by atoms with Gasteiger partial charge in [0.25, 0.3) is 0 Å². The number of nitrogens with one attached hydrogen (secondary N) is 1. The van der Waals surface area contributed by atoms with Crippen LogP contribution in [0.5, 0.6) is 0 Å². The highest BCUT2D eigenvalue weighted by Crippen LogP contribution is 2.22. The Labute approximate surface area is 128 Å². The second kappa shape index (κ2) is 6.56. The van der Waals surface area contributed by atoms with E-state index in [1.807, 2.05) is 0 Å². The second-order valence-corrected chi connectivity index (χ2v) is 6.78. The van der Waals surface area contributed by atoms with Gasteiger partial charge in [0.15, 0.2) is 0 Å². The van der Waals surface area contributed by atoms with E-state index in [1.165, 1.54) is 18.2 Å². The minimum Gasteiger partial charge on any atom is -0.211 e. The van der Waals surface area contributed by atoms with Gasteiger partial charge in [0, 0.05) is 11.6 Å². The van der Waals surface area contributed by atoms with Crippen LogP contribution in [0.3, 0.4) is 0 Å². The van der Waals surface area contributed by atoms with Gasteiger partial charge >= 0.3 is 0 Å². The van der Waals surface area contributed by atoms with E-state index in [0.29, 0.717) is 17.0 Å². The Morgan fingerprint density at radius 1 is 1.14 bits per heavy atom. The maximum absolute atomic E-state index is 12.8. The molecule has 0 aliphatic rings. The molecule has 6 heteroatoms. The third-order valence-electron chi connectivity index (χ3n) is 3.13. The van der Waals surface area contributed by atoms with Crippen molar-refractivity contribution >= 4 is 21.6 Å². The first-order valence-electron chi connectivity index (χ1n) is 6.39. The highest BCUT2D eigenvalue weighted by Gasteiger charge is 2.17. The molecule has 0 atom stereocenters. The average Bonchev–Trinajstić information content (AvgIpc) is 2.44. The normalized spacial score (nSPS) is 11.6. The third-order valence-corrected chi connectivity index (χ3v) is 5.14. The van der Waals surface area contributed by atoms with Crippen molar-refractivity contribution in [2.24, 2.45) is 0 Å². The molecule has 1 N–H and O–H groups in total. The van der Waals surface area contributed by atoms with Crippen molar-refractivity contribution in [2.45, 2.75) is 18.2 Å². The van der Waals surface area contributed by atoms with Crippen molar-refractivity contribution in [3.8, 4) is 0 Å². The Bertz CT molecular complexity index is 730. The van der Waals surface area contributed by atoms with Crippen molar-refractivity contribution in [1.82, 2.24) is 4.72 Å². The zero-order valence-electron chi connectivity index (χ0n) is 11.4. The number of benzene rings is 2. The predicted molar refractivity (Wildman–Crippen MR) is 81.5 cm³/mol. The zero-order valence-corrected chi connectivity index (χ0v) is 13.0. The van der Waals surface area contributed by atoms with E-state index >= 15 is 0 Å². The van der Waals surface area contributed by atoms with Crippen LogP contribution in [0.2, 0.25) is 5.02 Å². The number of rotatable bonds is 5. The molecule has 2 aromatic rings. The maximum Gasteiger partial charge on any atom is 0.240 e. The van der Waals surface area contributed by atoms with Crippen molar-refractivity contribution in [3.63, 3.8) is 0 Å². The molecule has 112 valence electrons. The van der Waals surface area contributed by atoms with Gasteiger partial charge in [-0.25, -0.2) is 17.5 Å². The SMILES string of the molecule is Cc1c(Cl)cccc1S(=O)(=O)NCCc1ccc(F)cc1. The molecule has 0 heterocycles. The van der Waals surface area contributed by atoms with E-state index < -0.39 is 10.0 Å². The molecule has 0 aromatic heterocycles. The highest BCUT2D eigenvalue weighted by atomic mass is 35.5. The standard InChI is InChI=1S/C15H15ClFNO2S/c1-11-14(16)3-2-4-15(11)21(19,20)18-10-9-12-5-7-13(17)8-6-12/h2-8,18H,9-10H2,1H3. The monoisotopic (exact) mass is 327 g/mol. The molecule has 0 bridgehead atoms. The zero-order chi connectivity index (χ0) is 15.5. The van der Waals surface area contributed by atoms with E-state index in [2.05, 4.69) is 4.72 Å². The fourth-order valence-electron chi connectivity index (χ4n) is 1.94. The Morgan fingerprint density at radius 2 is 1.81 bits per heavy atom. The molecular weight excluding hydrogens is 313 g/mol. The Morgan fingerprint density at radius 3 is 2.48 bits per heavy atom. The minimum absolute atomic E-state index is 0.175. The van der Waals surface area contributed by atoms with Crippen molar-refractivity contribution in [1.29, 1.82) is 0 Å².